The van der Waals surface area contributed by atoms with E-state index in [1.54, 1.807) is 37.1 Å². The van der Waals surface area contributed by atoms with Gasteiger partial charge in [-0.1, -0.05) is 0 Å². The number of carbonyl (C=O) groups excluding carboxylic acids is 1. The Bertz CT molecular complexity index is 1410. The van der Waals surface area contributed by atoms with Gasteiger partial charge in [0.05, 0.1) is 31.8 Å². The van der Waals surface area contributed by atoms with Gasteiger partial charge in [-0.2, -0.15) is 23.4 Å². The van der Waals surface area contributed by atoms with Crippen LogP contribution in [0, 0.1) is 6.92 Å². The molecule has 4 rings (SSSR count). The quantitative estimate of drug-likeness (QED) is 0.411. The van der Waals surface area contributed by atoms with Crippen LogP contribution in [0.25, 0.3) is 16.9 Å². The minimum absolute atomic E-state index is 0.00563. The number of carbonyl (C=O) groups is 1. The summed E-state index contributed by atoms with van der Waals surface area (Å²) in [5.41, 5.74) is 0.610. The Morgan fingerprint density at radius 3 is 2.46 bits per heavy atom. The Hall–Kier alpha value is -4.09. The fraction of sp³-hybridized carbons (Fsp3) is 0.304. The Balaban J connectivity index is 1.82. The number of nitrogens with zero attached hydrogens (tertiary/aromatic N) is 6. The lowest BCUT2D eigenvalue weighted by Crippen LogP contribution is -2.26. The van der Waals surface area contributed by atoms with Crippen LogP contribution in [0.1, 0.15) is 27.3 Å². The summed E-state index contributed by atoms with van der Waals surface area (Å²) >= 11 is 0. The molecule has 3 heterocycles. The fourth-order valence-electron chi connectivity index (χ4n) is 3.80. The molecule has 1 amide bonds. The molecule has 1 aromatic carbocycles. The summed E-state index contributed by atoms with van der Waals surface area (Å²) in [5, 5.41) is 8.09. The molecule has 9 nitrogen and oxygen atoms in total. The summed E-state index contributed by atoms with van der Waals surface area (Å²) in [7, 11) is 6.20. The van der Waals surface area contributed by atoms with Crippen LogP contribution in [0.15, 0.2) is 36.7 Å². The van der Waals surface area contributed by atoms with Crippen LogP contribution < -0.4 is 9.47 Å². The molecular formula is C23H23F3N6O3. The van der Waals surface area contributed by atoms with Crippen LogP contribution in [-0.4, -0.2) is 56.5 Å². The molecule has 0 unspecified atom stereocenters. The van der Waals surface area contributed by atoms with Crippen molar-refractivity contribution in [2.75, 3.05) is 21.3 Å². The number of benzene rings is 1. The standard InChI is InChI=1S/C23H23F3N6O3/c1-13-15(12-31(3)29-13)11-30(2)22(33)16-10-27-32-20(23(24,25)26)9-17(28-21(16)32)14-6-7-18(34-4)19(8-14)35-5/h6-10,12H,11H2,1-5H3. The number of halogens is 3. The summed E-state index contributed by atoms with van der Waals surface area (Å²) in [5.74, 6) is 0.228. The SMILES string of the molecule is COc1ccc(-c2cc(C(F)(F)F)n3ncc(C(=O)N(C)Cc4cn(C)nc4C)c3n2)cc1OC. The van der Waals surface area contributed by atoms with E-state index < -0.39 is 17.8 Å². The van der Waals surface area contributed by atoms with Crippen molar-refractivity contribution >= 4 is 11.6 Å². The molecule has 0 N–H and O–H groups in total. The first kappa shape index (κ1) is 24.0. The first-order valence-corrected chi connectivity index (χ1v) is 10.5. The Kier molecular flexibility index (Phi) is 6.14. The summed E-state index contributed by atoms with van der Waals surface area (Å²) in [6, 6.07) is 5.54. The number of aryl methyl sites for hydroxylation is 2. The zero-order valence-electron chi connectivity index (χ0n) is 19.7. The largest absolute Gasteiger partial charge is 0.493 e. The molecule has 3 aromatic heterocycles. The van der Waals surface area contributed by atoms with E-state index in [1.165, 1.54) is 25.2 Å². The van der Waals surface area contributed by atoms with Crippen LogP contribution >= 0.6 is 0 Å². The molecule has 0 saturated heterocycles. The van der Waals surface area contributed by atoms with Gasteiger partial charge >= 0.3 is 6.18 Å². The maximum Gasteiger partial charge on any atom is 0.433 e. The van der Waals surface area contributed by atoms with Crippen LogP contribution in [0.5, 0.6) is 11.5 Å². The van der Waals surface area contributed by atoms with Gasteiger partial charge in [-0.05, 0) is 31.2 Å². The molecule has 184 valence electrons. The van der Waals surface area contributed by atoms with Crippen LogP contribution in [0.4, 0.5) is 13.2 Å². The molecular weight excluding hydrogens is 465 g/mol. The van der Waals surface area contributed by atoms with Gasteiger partial charge in [0.1, 0.15) is 5.56 Å². The summed E-state index contributed by atoms with van der Waals surface area (Å²) < 4.78 is 54.6. The van der Waals surface area contributed by atoms with Gasteiger partial charge < -0.3 is 14.4 Å². The first-order chi connectivity index (χ1) is 16.5. The molecule has 0 atom stereocenters. The van der Waals surface area contributed by atoms with E-state index in [0.29, 0.717) is 21.6 Å². The molecule has 0 aliphatic carbocycles. The van der Waals surface area contributed by atoms with Crippen molar-refractivity contribution in [1.29, 1.82) is 0 Å². The Morgan fingerprint density at radius 2 is 1.86 bits per heavy atom. The third-order valence-corrected chi connectivity index (χ3v) is 5.54. The number of methoxy groups -OCH3 is 2. The van der Waals surface area contributed by atoms with Gasteiger partial charge in [-0.3, -0.25) is 9.48 Å². The third-order valence-electron chi connectivity index (χ3n) is 5.54. The van der Waals surface area contributed by atoms with E-state index in [2.05, 4.69) is 15.2 Å². The van der Waals surface area contributed by atoms with Crippen molar-refractivity contribution < 1.29 is 27.4 Å². The topological polar surface area (TPSA) is 86.8 Å². The highest BCUT2D eigenvalue weighted by molar-refractivity contribution is 5.99. The smallest absolute Gasteiger partial charge is 0.433 e. The molecule has 0 aliphatic heterocycles. The summed E-state index contributed by atoms with van der Waals surface area (Å²) in [6.45, 7) is 2.03. The maximum absolute atomic E-state index is 13.9. The predicted molar refractivity (Wildman–Crippen MR) is 120 cm³/mol. The van der Waals surface area contributed by atoms with Crippen molar-refractivity contribution in [1.82, 2.24) is 29.3 Å². The van der Waals surface area contributed by atoms with Gasteiger partial charge in [0, 0.05) is 38.0 Å². The zero-order valence-corrected chi connectivity index (χ0v) is 19.7. The fourth-order valence-corrected chi connectivity index (χ4v) is 3.80. The monoisotopic (exact) mass is 488 g/mol. The Labute approximate surface area is 198 Å². The number of hydrogen-bond acceptors (Lipinski definition) is 6. The second-order valence-corrected chi connectivity index (χ2v) is 7.96. The average molecular weight is 488 g/mol. The number of aromatic nitrogens is 5. The minimum Gasteiger partial charge on any atom is -0.493 e. The molecule has 35 heavy (non-hydrogen) atoms. The highest BCUT2D eigenvalue weighted by Gasteiger charge is 2.36. The predicted octanol–water partition coefficient (Wildman–Crippen LogP) is 3.75. The molecule has 0 fully saturated rings. The van der Waals surface area contributed by atoms with Crippen molar-refractivity contribution in [3.8, 4) is 22.8 Å². The van der Waals surface area contributed by atoms with E-state index in [-0.39, 0.29) is 23.4 Å². The second kappa shape index (κ2) is 8.93. The Morgan fingerprint density at radius 1 is 1.14 bits per heavy atom. The van der Waals surface area contributed by atoms with E-state index in [9.17, 15) is 18.0 Å². The highest BCUT2D eigenvalue weighted by atomic mass is 19.4. The van der Waals surface area contributed by atoms with Gasteiger partial charge in [-0.15, -0.1) is 0 Å². The number of ether oxygens (including phenoxy) is 2. The van der Waals surface area contributed by atoms with Gasteiger partial charge in [-0.25, -0.2) is 9.50 Å². The number of fused-ring (bicyclic) bond motifs is 1. The highest BCUT2D eigenvalue weighted by Crippen LogP contribution is 2.36. The summed E-state index contributed by atoms with van der Waals surface area (Å²) in [6.07, 6.45) is -1.85. The minimum atomic E-state index is -4.74. The normalized spacial score (nSPS) is 11.7. The molecule has 0 bridgehead atoms. The molecule has 0 radical (unpaired) electrons. The van der Waals surface area contributed by atoms with Crippen molar-refractivity contribution in [3.63, 3.8) is 0 Å². The van der Waals surface area contributed by atoms with Crippen LogP contribution in [0.3, 0.4) is 0 Å². The molecule has 4 aromatic rings. The molecule has 0 spiro atoms. The lowest BCUT2D eigenvalue weighted by atomic mass is 10.1. The molecule has 12 heteroatoms. The van der Waals surface area contributed by atoms with Gasteiger partial charge in [0.2, 0.25) is 0 Å². The molecule has 0 saturated carbocycles. The van der Waals surface area contributed by atoms with E-state index in [4.69, 9.17) is 9.47 Å². The lowest BCUT2D eigenvalue weighted by Gasteiger charge is -2.16. The number of alkyl halides is 3. The number of hydrogen-bond donors (Lipinski definition) is 0. The van der Waals surface area contributed by atoms with Crippen LogP contribution in [-0.2, 0) is 19.8 Å². The van der Waals surface area contributed by atoms with E-state index in [0.717, 1.165) is 23.5 Å². The van der Waals surface area contributed by atoms with Crippen molar-refractivity contribution in [2.45, 2.75) is 19.6 Å². The van der Waals surface area contributed by atoms with Gasteiger partial charge in [0.15, 0.2) is 22.8 Å². The van der Waals surface area contributed by atoms with Crippen LogP contribution in [0.2, 0.25) is 0 Å². The molecule has 0 aliphatic rings. The average Bonchev–Trinajstić information content (AvgIpc) is 3.38. The van der Waals surface area contributed by atoms with Crippen molar-refractivity contribution in [2.24, 2.45) is 7.05 Å². The van der Waals surface area contributed by atoms with E-state index in [1.807, 2.05) is 6.92 Å². The summed E-state index contributed by atoms with van der Waals surface area (Å²) in [4.78, 5) is 19.0. The van der Waals surface area contributed by atoms with Gasteiger partial charge in [0.25, 0.3) is 5.91 Å². The third kappa shape index (κ3) is 4.51. The lowest BCUT2D eigenvalue weighted by molar-refractivity contribution is -0.142. The first-order valence-electron chi connectivity index (χ1n) is 10.5. The number of rotatable bonds is 6. The maximum atomic E-state index is 13.9. The van der Waals surface area contributed by atoms with Crippen molar-refractivity contribution in [3.05, 3.63) is 59.2 Å². The zero-order chi connectivity index (χ0) is 25.5. The number of amides is 1. The second-order valence-electron chi connectivity index (χ2n) is 7.96. The van der Waals surface area contributed by atoms with E-state index >= 15 is 0 Å².